The molecule has 3 N–H and O–H groups in total. The van der Waals surface area contributed by atoms with Crippen LogP contribution in [0.2, 0.25) is 0 Å². The standard InChI is InChI=1S/C24H40O4/c1-14(4-9-22(27)28)18-7-8-19-17-6-5-15-12-16(25)10-11-23(15,2)20(17)13-21(26)24(18,19)3/h14-21,25-26H,4-13H2,1-3H3,(H,27,28)/t14-,15?,16-,17?,18?,19?,20?,21+,23+,24-/m1/s1. The smallest absolute Gasteiger partial charge is 0.303 e. The molecule has 4 rings (SSSR count). The molecule has 0 spiro atoms. The Morgan fingerprint density at radius 2 is 1.79 bits per heavy atom. The predicted molar refractivity (Wildman–Crippen MR) is 109 cm³/mol. The molecule has 4 saturated carbocycles. The van der Waals surface area contributed by atoms with Crippen molar-refractivity contribution in [2.24, 2.45) is 46.3 Å². The number of aliphatic hydroxyl groups excluding tert-OH is 2. The largest absolute Gasteiger partial charge is 0.481 e. The summed E-state index contributed by atoms with van der Waals surface area (Å²) in [7, 11) is 0. The number of carboxylic acids is 1. The maximum absolute atomic E-state index is 11.5. The lowest BCUT2D eigenvalue weighted by molar-refractivity contribution is -0.175. The molecule has 28 heavy (non-hydrogen) atoms. The van der Waals surface area contributed by atoms with Gasteiger partial charge >= 0.3 is 5.97 Å². The van der Waals surface area contributed by atoms with Crippen LogP contribution in [0, 0.1) is 46.3 Å². The quantitative estimate of drug-likeness (QED) is 0.659. The van der Waals surface area contributed by atoms with E-state index < -0.39 is 5.97 Å². The summed E-state index contributed by atoms with van der Waals surface area (Å²) in [5.41, 5.74) is 0.216. The van der Waals surface area contributed by atoms with E-state index in [1.807, 2.05) is 0 Å². The van der Waals surface area contributed by atoms with Gasteiger partial charge in [0.2, 0.25) is 0 Å². The summed E-state index contributed by atoms with van der Waals surface area (Å²) in [6.45, 7) is 6.99. The highest BCUT2D eigenvalue weighted by atomic mass is 16.4. The summed E-state index contributed by atoms with van der Waals surface area (Å²) in [5, 5.41) is 30.8. The van der Waals surface area contributed by atoms with E-state index in [1.165, 1.54) is 19.3 Å². The zero-order valence-electron chi connectivity index (χ0n) is 17.9. The molecule has 160 valence electrons. The van der Waals surface area contributed by atoms with Crippen LogP contribution in [0.15, 0.2) is 0 Å². The molecule has 0 aromatic heterocycles. The Bertz CT molecular complexity index is 605. The Kier molecular flexibility index (Phi) is 5.36. The summed E-state index contributed by atoms with van der Waals surface area (Å²) in [5.74, 6) is 2.55. The van der Waals surface area contributed by atoms with Crippen molar-refractivity contribution in [1.82, 2.24) is 0 Å². The average molecular weight is 393 g/mol. The van der Waals surface area contributed by atoms with Crippen LogP contribution >= 0.6 is 0 Å². The first kappa shape index (κ1) is 20.7. The number of aliphatic carboxylic acids is 1. The van der Waals surface area contributed by atoms with Crippen LogP contribution in [-0.4, -0.2) is 33.5 Å². The van der Waals surface area contributed by atoms with Crippen LogP contribution < -0.4 is 0 Å². The molecule has 0 aromatic carbocycles. The predicted octanol–water partition coefficient (Wildman–Crippen LogP) is 4.48. The Balaban J connectivity index is 1.56. The molecule has 4 fully saturated rings. The van der Waals surface area contributed by atoms with E-state index in [-0.39, 0.29) is 29.5 Å². The molecule has 4 heteroatoms. The van der Waals surface area contributed by atoms with Crippen LogP contribution in [0.3, 0.4) is 0 Å². The third-order valence-electron chi connectivity index (χ3n) is 10.3. The van der Waals surface area contributed by atoms with Crippen LogP contribution in [0.5, 0.6) is 0 Å². The minimum atomic E-state index is -0.707. The third-order valence-corrected chi connectivity index (χ3v) is 10.3. The second-order valence-corrected chi connectivity index (χ2v) is 11.3. The maximum atomic E-state index is 11.5. The molecular formula is C24H40O4. The number of fused-ring (bicyclic) bond motifs is 5. The first-order valence-corrected chi connectivity index (χ1v) is 11.8. The molecule has 0 radical (unpaired) electrons. The van der Waals surface area contributed by atoms with Gasteiger partial charge in [0.15, 0.2) is 0 Å². The van der Waals surface area contributed by atoms with Crippen molar-refractivity contribution in [2.45, 2.75) is 97.2 Å². The van der Waals surface area contributed by atoms with Gasteiger partial charge in [-0.2, -0.15) is 0 Å². The fraction of sp³-hybridized carbons (Fsp3) is 0.958. The molecule has 0 aliphatic heterocycles. The van der Waals surface area contributed by atoms with Crippen LogP contribution in [-0.2, 0) is 4.79 Å². The zero-order chi connectivity index (χ0) is 20.3. The minimum absolute atomic E-state index is 0.0591. The summed E-state index contributed by atoms with van der Waals surface area (Å²) < 4.78 is 0. The lowest BCUT2D eigenvalue weighted by atomic mass is 9.43. The van der Waals surface area contributed by atoms with Gasteiger partial charge in [-0.3, -0.25) is 4.79 Å². The normalized spacial score (nSPS) is 51.7. The molecule has 0 bridgehead atoms. The fourth-order valence-corrected chi connectivity index (χ4v) is 8.71. The topological polar surface area (TPSA) is 77.8 Å². The van der Waals surface area contributed by atoms with Gasteiger partial charge in [0, 0.05) is 6.42 Å². The van der Waals surface area contributed by atoms with Gasteiger partial charge in [-0.1, -0.05) is 20.8 Å². The number of rotatable bonds is 4. The Hall–Kier alpha value is -0.610. The average Bonchev–Trinajstić information content (AvgIpc) is 3.00. The highest BCUT2D eigenvalue weighted by Crippen LogP contribution is 2.68. The summed E-state index contributed by atoms with van der Waals surface area (Å²) in [6.07, 6.45) is 9.26. The van der Waals surface area contributed by atoms with Crippen molar-refractivity contribution in [3.05, 3.63) is 0 Å². The van der Waals surface area contributed by atoms with E-state index in [0.717, 1.165) is 38.5 Å². The summed E-state index contributed by atoms with van der Waals surface area (Å²) in [4.78, 5) is 11.1. The van der Waals surface area contributed by atoms with Crippen molar-refractivity contribution >= 4 is 5.97 Å². The van der Waals surface area contributed by atoms with Crippen molar-refractivity contribution in [1.29, 1.82) is 0 Å². The lowest BCUT2D eigenvalue weighted by Crippen LogP contribution is -2.58. The fourth-order valence-electron chi connectivity index (χ4n) is 8.71. The molecule has 4 aliphatic carbocycles. The van der Waals surface area contributed by atoms with Gasteiger partial charge in [0.1, 0.15) is 0 Å². The Morgan fingerprint density at radius 3 is 2.50 bits per heavy atom. The second kappa shape index (κ2) is 7.27. The molecule has 4 nitrogen and oxygen atoms in total. The van der Waals surface area contributed by atoms with E-state index in [9.17, 15) is 15.0 Å². The van der Waals surface area contributed by atoms with Crippen molar-refractivity contribution in [2.75, 3.05) is 0 Å². The Morgan fingerprint density at radius 1 is 1.04 bits per heavy atom. The third kappa shape index (κ3) is 3.05. The first-order chi connectivity index (χ1) is 13.2. The van der Waals surface area contributed by atoms with Crippen LogP contribution in [0.4, 0.5) is 0 Å². The van der Waals surface area contributed by atoms with E-state index in [0.29, 0.717) is 35.5 Å². The maximum Gasteiger partial charge on any atom is 0.303 e. The van der Waals surface area contributed by atoms with Gasteiger partial charge in [-0.15, -0.1) is 0 Å². The second-order valence-electron chi connectivity index (χ2n) is 11.3. The van der Waals surface area contributed by atoms with E-state index >= 15 is 0 Å². The van der Waals surface area contributed by atoms with Crippen LogP contribution in [0.1, 0.15) is 85.0 Å². The van der Waals surface area contributed by atoms with Crippen molar-refractivity contribution in [3.63, 3.8) is 0 Å². The molecule has 0 heterocycles. The Labute approximate surface area is 170 Å². The molecule has 5 unspecified atom stereocenters. The van der Waals surface area contributed by atoms with E-state index in [1.54, 1.807) is 0 Å². The lowest BCUT2D eigenvalue weighted by Gasteiger charge is -2.62. The monoisotopic (exact) mass is 392 g/mol. The molecule has 0 saturated heterocycles. The zero-order valence-corrected chi connectivity index (χ0v) is 17.9. The molecule has 10 atom stereocenters. The van der Waals surface area contributed by atoms with Gasteiger partial charge in [-0.25, -0.2) is 0 Å². The molecular weight excluding hydrogens is 352 g/mol. The first-order valence-electron chi connectivity index (χ1n) is 11.8. The number of aliphatic hydroxyl groups is 2. The minimum Gasteiger partial charge on any atom is -0.481 e. The van der Waals surface area contributed by atoms with E-state index in [4.69, 9.17) is 5.11 Å². The summed E-state index contributed by atoms with van der Waals surface area (Å²) in [6, 6.07) is 0. The number of carboxylic acid groups (broad SMARTS) is 1. The highest BCUT2D eigenvalue weighted by Gasteiger charge is 2.63. The highest BCUT2D eigenvalue weighted by molar-refractivity contribution is 5.66. The van der Waals surface area contributed by atoms with Gasteiger partial charge < -0.3 is 15.3 Å². The molecule has 4 aliphatic rings. The van der Waals surface area contributed by atoms with Gasteiger partial charge in [0.25, 0.3) is 0 Å². The summed E-state index contributed by atoms with van der Waals surface area (Å²) >= 11 is 0. The SMILES string of the molecule is C[C@H](CCC(=O)O)C1CCC2C3CCC4C[C@H](O)CC[C@]4(C)C3C[C@H](O)[C@@]21C. The number of hydrogen-bond acceptors (Lipinski definition) is 3. The molecule has 0 aromatic rings. The van der Waals surface area contributed by atoms with Gasteiger partial charge in [-0.05, 0) is 104 Å². The number of hydrogen-bond donors (Lipinski definition) is 3. The molecule has 0 amide bonds. The van der Waals surface area contributed by atoms with Crippen molar-refractivity contribution < 1.29 is 20.1 Å². The van der Waals surface area contributed by atoms with Crippen LogP contribution in [0.25, 0.3) is 0 Å². The van der Waals surface area contributed by atoms with Crippen molar-refractivity contribution in [3.8, 4) is 0 Å². The van der Waals surface area contributed by atoms with E-state index in [2.05, 4.69) is 20.8 Å². The van der Waals surface area contributed by atoms with Gasteiger partial charge in [0.05, 0.1) is 12.2 Å². The number of carbonyl (C=O) groups is 1.